The second-order valence-corrected chi connectivity index (χ2v) is 6.61. The molecule has 2 atom stereocenters. The molecule has 2 fully saturated rings. The molecule has 2 aliphatic rings. The van der Waals surface area contributed by atoms with Crippen LogP contribution in [0.1, 0.15) is 32.6 Å². The van der Waals surface area contributed by atoms with Crippen molar-refractivity contribution >= 4 is 23.5 Å². The van der Waals surface area contributed by atoms with Gasteiger partial charge in [-0.3, -0.25) is 14.5 Å². The molecule has 0 radical (unpaired) electrons. The summed E-state index contributed by atoms with van der Waals surface area (Å²) in [6.07, 6.45) is 3.17. The fraction of sp³-hybridized carbons (Fsp3) is 0.471. The second-order valence-electron chi connectivity index (χ2n) is 6.61. The molecule has 1 aromatic rings. The molecule has 1 aromatic carbocycles. The van der Waals surface area contributed by atoms with Crippen molar-refractivity contribution in [3.8, 4) is 0 Å². The van der Waals surface area contributed by atoms with Crippen molar-refractivity contribution < 1.29 is 23.2 Å². The van der Waals surface area contributed by atoms with Gasteiger partial charge in [-0.2, -0.15) is 0 Å². The van der Waals surface area contributed by atoms with Gasteiger partial charge in [0.05, 0.1) is 5.69 Å². The van der Waals surface area contributed by atoms with E-state index in [1.54, 1.807) is 0 Å². The van der Waals surface area contributed by atoms with Gasteiger partial charge in [0.1, 0.15) is 23.7 Å². The van der Waals surface area contributed by atoms with Crippen molar-refractivity contribution in [2.24, 2.45) is 5.92 Å². The second kappa shape index (κ2) is 6.42. The number of amides is 4. The maximum atomic E-state index is 13.6. The number of imide groups is 1. The van der Waals surface area contributed by atoms with E-state index in [9.17, 15) is 23.2 Å². The maximum absolute atomic E-state index is 13.6. The Morgan fingerprint density at radius 1 is 1.36 bits per heavy atom. The Labute approximate surface area is 143 Å². The molecule has 1 saturated carbocycles. The van der Waals surface area contributed by atoms with Gasteiger partial charge in [0.15, 0.2) is 0 Å². The van der Waals surface area contributed by atoms with Crippen LogP contribution in [0.3, 0.4) is 0 Å². The van der Waals surface area contributed by atoms with Gasteiger partial charge in [-0.1, -0.05) is 19.8 Å². The average molecular weight is 351 g/mol. The first-order valence-electron chi connectivity index (χ1n) is 8.22. The molecule has 6 nitrogen and oxygen atoms in total. The first-order chi connectivity index (χ1) is 11.8. The number of benzene rings is 1. The fourth-order valence-corrected chi connectivity index (χ4v) is 3.57. The predicted molar refractivity (Wildman–Crippen MR) is 85.6 cm³/mol. The zero-order chi connectivity index (χ0) is 18.2. The molecular formula is C17H19F2N3O3. The quantitative estimate of drug-likeness (QED) is 0.821. The molecule has 4 amide bonds. The molecule has 3 rings (SSSR count). The summed E-state index contributed by atoms with van der Waals surface area (Å²) in [5.41, 5.74) is -1.29. The Morgan fingerprint density at radius 2 is 2.12 bits per heavy atom. The van der Waals surface area contributed by atoms with E-state index in [4.69, 9.17) is 0 Å². The van der Waals surface area contributed by atoms with E-state index in [-0.39, 0.29) is 11.6 Å². The lowest BCUT2D eigenvalue weighted by Crippen LogP contribution is -2.54. The van der Waals surface area contributed by atoms with Crippen LogP contribution in [-0.2, 0) is 9.59 Å². The van der Waals surface area contributed by atoms with Crippen molar-refractivity contribution in [2.75, 3.05) is 11.9 Å². The molecule has 1 aliphatic carbocycles. The highest BCUT2D eigenvalue weighted by atomic mass is 19.1. The molecule has 1 heterocycles. The summed E-state index contributed by atoms with van der Waals surface area (Å²) in [4.78, 5) is 37.9. The van der Waals surface area contributed by atoms with Crippen molar-refractivity contribution in [1.29, 1.82) is 0 Å². The highest BCUT2D eigenvalue weighted by Gasteiger charge is 2.55. The smallest absolute Gasteiger partial charge is 0.323 e. The molecule has 1 saturated heterocycles. The fourth-order valence-electron chi connectivity index (χ4n) is 3.57. The van der Waals surface area contributed by atoms with Crippen LogP contribution < -0.4 is 10.6 Å². The Bertz CT molecular complexity index is 740. The van der Waals surface area contributed by atoms with Crippen molar-refractivity contribution in [3.63, 3.8) is 0 Å². The lowest BCUT2D eigenvalue weighted by Gasteiger charge is -2.36. The standard InChI is InChI=1S/C17H19F2N3O3/c1-10-4-2-3-7-17(10)15(24)22(16(25)21-17)9-14(23)20-13-8-11(18)5-6-12(13)19/h5-6,8,10H,2-4,7,9H2,1H3,(H,20,23)(H,21,25)/t10-,17+/m0/s1. The number of halogens is 2. The average Bonchev–Trinajstić information content (AvgIpc) is 2.79. The summed E-state index contributed by atoms with van der Waals surface area (Å²) < 4.78 is 26.8. The Hall–Kier alpha value is -2.51. The van der Waals surface area contributed by atoms with E-state index in [0.29, 0.717) is 6.42 Å². The molecule has 25 heavy (non-hydrogen) atoms. The van der Waals surface area contributed by atoms with E-state index in [1.165, 1.54) is 0 Å². The first-order valence-corrected chi connectivity index (χ1v) is 8.22. The highest BCUT2D eigenvalue weighted by molar-refractivity contribution is 6.10. The van der Waals surface area contributed by atoms with Crippen molar-refractivity contribution in [2.45, 2.75) is 38.1 Å². The van der Waals surface area contributed by atoms with Crippen LogP contribution in [0.2, 0.25) is 0 Å². The lowest BCUT2D eigenvalue weighted by molar-refractivity contribution is -0.136. The summed E-state index contributed by atoms with van der Waals surface area (Å²) in [6.45, 7) is 1.36. The largest absolute Gasteiger partial charge is 0.325 e. The summed E-state index contributed by atoms with van der Waals surface area (Å²) >= 11 is 0. The molecule has 2 N–H and O–H groups in total. The molecule has 1 aliphatic heterocycles. The Morgan fingerprint density at radius 3 is 2.84 bits per heavy atom. The number of carbonyl (C=O) groups is 3. The van der Waals surface area contributed by atoms with E-state index in [2.05, 4.69) is 10.6 Å². The van der Waals surface area contributed by atoms with Crippen molar-refractivity contribution in [1.82, 2.24) is 10.2 Å². The lowest BCUT2D eigenvalue weighted by atomic mass is 9.73. The van der Waals surface area contributed by atoms with Crippen molar-refractivity contribution in [3.05, 3.63) is 29.8 Å². The van der Waals surface area contributed by atoms with Gasteiger partial charge in [0.25, 0.3) is 5.91 Å². The molecule has 0 bridgehead atoms. The van der Waals surface area contributed by atoms with Gasteiger partial charge in [-0.05, 0) is 30.9 Å². The van der Waals surface area contributed by atoms with Crippen LogP contribution in [0.15, 0.2) is 18.2 Å². The first kappa shape index (κ1) is 17.3. The number of rotatable bonds is 3. The van der Waals surface area contributed by atoms with Crippen LogP contribution in [-0.4, -0.2) is 34.8 Å². The van der Waals surface area contributed by atoms with E-state index in [0.717, 1.165) is 42.4 Å². The molecule has 134 valence electrons. The number of hydrogen-bond acceptors (Lipinski definition) is 3. The monoisotopic (exact) mass is 351 g/mol. The van der Waals surface area contributed by atoms with Gasteiger partial charge in [-0.15, -0.1) is 0 Å². The normalized spacial score (nSPS) is 26.0. The van der Waals surface area contributed by atoms with Crippen LogP contribution in [0.25, 0.3) is 0 Å². The van der Waals surface area contributed by atoms with Crippen LogP contribution in [0, 0.1) is 17.6 Å². The molecule has 8 heteroatoms. The third-order valence-electron chi connectivity index (χ3n) is 5.01. The number of anilines is 1. The third kappa shape index (κ3) is 3.08. The van der Waals surface area contributed by atoms with Crippen LogP contribution in [0.4, 0.5) is 19.3 Å². The summed E-state index contributed by atoms with van der Waals surface area (Å²) in [7, 11) is 0. The Balaban J connectivity index is 1.72. The van der Waals surface area contributed by atoms with Crippen LogP contribution >= 0.6 is 0 Å². The molecular weight excluding hydrogens is 332 g/mol. The maximum Gasteiger partial charge on any atom is 0.325 e. The number of nitrogens with one attached hydrogen (secondary N) is 2. The van der Waals surface area contributed by atoms with Gasteiger partial charge in [0, 0.05) is 6.07 Å². The van der Waals surface area contributed by atoms with Gasteiger partial charge in [0.2, 0.25) is 5.91 Å². The molecule has 0 aromatic heterocycles. The minimum Gasteiger partial charge on any atom is -0.323 e. The van der Waals surface area contributed by atoms with Crippen LogP contribution in [0.5, 0.6) is 0 Å². The van der Waals surface area contributed by atoms with E-state index in [1.807, 2.05) is 6.92 Å². The highest BCUT2D eigenvalue weighted by Crippen LogP contribution is 2.38. The minimum absolute atomic E-state index is 0.0218. The summed E-state index contributed by atoms with van der Waals surface area (Å²) in [5.74, 6) is -2.73. The summed E-state index contributed by atoms with van der Waals surface area (Å²) in [5, 5.41) is 4.93. The SMILES string of the molecule is C[C@H]1CCCC[C@@]12NC(=O)N(CC(=O)Nc1cc(F)ccc1F)C2=O. The van der Waals surface area contributed by atoms with Gasteiger partial charge >= 0.3 is 6.03 Å². The summed E-state index contributed by atoms with van der Waals surface area (Å²) in [6, 6.07) is 2.02. The number of urea groups is 1. The molecule has 0 unspecified atom stereocenters. The Kier molecular flexibility index (Phi) is 4.45. The van der Waals surface area contributed by atoms with E-state index < -0.39 is 41.6 Å². The predicted octanol–water partition coefficient (Wildman–Crippen LogP) is 2.40. The molecule has 1 spiro atoms. The zero-order valence-corrected chi connectivity index (χ0v) is 13.8. The van der Waals surface area contributed by atoms with Gasteiger partial charge in [-0.25, -0.2) is 13.6 Å². The van der Waals surface area contributed by atoms with Gasteiger partial charge < -0.3 is 10.6 Å². The topological polar surface area (TPSA) is 78.5 Å². The number of hydrogen-bond donors (Lipinski definition) is 2. The minimum atomic E-state index is -0.959. The van der Waals surface area contributed by atoms with E-state index >= 15 is 0 Å². The third-order valence-corrected chi connectivity index (χ3v) is 5.01. The number of nitrogens with zero attached hydrogens (tertiary/aromatic N) is 1. The zero-order valence-electron chi connectivity index (χ0n) is 13.8. The number of carbonyl (C=O) groups excluding carboxylic acids is 3.